The van der Waals surface area contributed by atoms with Gasteiger partial charge in [-0.1, -0.05) is 12.1 Å². The Labute approximate surface area is 169 Å². The zero-order valence-electron chi connectivity index (χ0n) is 16.7. The second-order valence-corrected chi connectivity index (χ2v) is 7.53. The Bertz CT molecular complexity index is 811. The van der Waals surface area contributed by atoms with Crippen LogP contribution in [0.2, 0.25) is 0 Å². The minimum absolute atomic E-state index is 0.0344. The number of carbonyl (C=O) groups excluding carboxylic acids is 1. The van der Waals surface area contributed by atoms with E-state index in [0.717, 1.165) is 49.3 Å². The molecular formula is C22H26F3N3O. The lowest BCUT2D eigenvalue weighted by molar-refractivity contribution is -0.137. The van der Waals surface area contributed by atoms with Crippen molar-refractivity contribution in [1.82, 2.24) is 10.2 Å². The number of amides is 1. The van der Waals surface area contributed by atoms with Crippen molar-refractivity contribution in [3.05, 3.63) is 65.2 Å². The fraction of sp³-hybridized carbons (Fsp3) is 0.409. The molecule has 4 nitrogen and oxygen atoms in total. The maximum atomic E-state index is 12.7. The van der Waals surface area contributed by atoms with Gasteiger partial charge in [0.05, 0.1) is 11.6 Å². The molecule has 7 heteroatoms. The number of nitrogens with one attached hydrogen (secondary N) is 1. The molecule has 0 spiro atoms. The number of rotatable bonds is 6. The van der Waals surface area contributed by atoms with E-state index in [1.807, 2.05) is 19.0 Å². The molecule has 0 unspecified atom stereocenters. The maximum Gasteiger partial charge on any atom is 0.416 e. The molecule has 0 radical (unpaired) electrons. The van der Waals surface area contributed by atoms with Gasteiger partial charge >= 0.3 is 6.18 Å². The first-order valence-electron chi connectivity index (χ1n) is 9.72. The number of benzene rings is 2. The molecule has 0 saturated carbocycles. The quantitative estimate of drug-likeness (QED) is 0.777. The Hall–Kier alpha value is -2.54. The summed E-state index contributed by atoms with van der Waals surface area (Å²) in [6, 6.07) is 12.6. The number of alkyl halides is 3. The van der Waals surface area contributed by atoms with Crippen LogP contribution < -0.4 is 10.2 Å². The lowest BCUT2D eigenvalue weighted by atomic mass is 10.0. The van der Waals surface area contributed by atoms with Gasteiger partial charge in [0, 0.05) is 31.9 Å². The predicted octanol–water partition coefficient (Wildman–Crippen LogP) is 4.34. The van der Waals surface area contributed by atoms with Crippen LogP contribution in [0.5, 0.6) is 0 Å². The van der Waals surface area contributed by atoms with E-state index in [4.69, 9.17) is 0 Å². The van der Waals surface area contributed by atoms with Gasteiger partial charge < -0.3 is 10.2 Å². The van der Waals surface area contributed by atoms with Crippen LogP contribution in [0.15, 0.2) is 48.5 Å². The summed E-state index contributed by atoms with van der Waals surface area (Å²) in [6.07, 6.45) is -2.16. The van der Waals surface area contributed by atoms with E-state index in [-0.39, 0.29) is 17.5 Å². The van der Waals surface area contributed by atoms with Gasteiger partial charge in [-0.05, 0) is 67.9 Å². The standard InChI is InChI=1S/C22H26F3N3O/c1-27(2)19-11-7-16(8-12-19)20(28-13-3-4-14-28)15-26-21(29)17-5-9-18(10-6-17)22(23,24)25/h5-12,20H,3-4,13-15H2,1-2H3,(H,26,29)/t20-/m1/s1. The number of carbonyl (C=O) groups is 1. The van der Waals surface area contributed by atoms with Crippen LogP contribution in [0.3, 0.4) is 0 Å². The first kappa shape index (κ1) is 21.2. The van der Waals surface area contributed by atoms with E-state index in [0.29, 0.717) is 6.54 Å². The Morgan fingerprint density at radius 3 is 2.14 bits per heavy atom. The SMILES string of the molecule is CN(C)c1ccc([C@@H](CNC(=O)c2ccc(C(F)(F)F)cc2)N2CCCC2)cc1. The molecule has 2 aromatic rings. The highest BCUT2D eigenvalue weighted by atomic mass is 19.4. The lowest BCUT2D eigenvalue weighted by Gasteiger charge is -2.28. The van der Waals surface area contributed by atoms with Crippen LogP contribution in [0, 0.1) is 0 Å². The third-order valence-electron chi connectivity index (χ3n) is 5.31. The summed E-state index contributed by atoms with van der Waals surface area (Å²) in [5.74, 6) is -0.368. The molecule has 1 fully saturated rings. The number of anilines is 1. The first-order valence-corrected chi connectivity index (χ1v) is 9.72. The van der Waals surface area contributed by atoms with Crippen molar-refractivity contribution in [2.24, 2.45) is 0 Å². The summed E-state index contributed by atoms with van der Waals surface area (Å²) in [6.45, 7) is 2.34. The summed E-state index contributed by atoms with van der Waals surface area (Å²) in [4.78, 5) is 16.9. The Balaban J connectivity index is 1.70. The van der Waals surface area contributed by atoms with E-state index in [1.165, 1.54) is 12.1 Å². The van der Waals surface area contributed by atoms with Crippen molar-refractivity contribution in [1.29, 1.82) is 0 Å². The van der Waals surface area contributed by atoms with Crippen molar-refractivity contribution >= 4 is 11.6 Å². The van der Waals surface area contributed by atoms with Crippen LogP contribution in [0.1, 0.15) is 40.4 Å². The second kappa shape index (κ2) is 8.86. The van der Waals surface area contributed by atoms with Crippen LogP contribution >= 0.6 is 0 Å². The Morgan fingerprint density at radius 1 is 1.03 bits per heavy atom. The zero-order valence-corrected chi connectivity index (χ0v) is 16.7. The van der Waals surface area contributed by atoms with E-state index in [2.05, 4.69) is 34.5 Å². The fourth-order valence-electron chi connectivity index (χ4n) is 3.61. The van der Waals surface area contributed by atoms with Crippen molar-refractivity contribution in [2.75, 3.05) is 38.6 Å². The topological polar surface area (TPSA) is 35.6 Å². The van der Waals surface area contributed by atoms with Crippen molar-refractivity contribution < 1.29 is 18.0 Å². The third-order valence-corrected chi connectivity index (χ3v) is 5.31. The molecule has 2 aromatic carbocycles. The summed E-state index contributed by atoms with van der Waals surface area (Å²) >= 11 is 0. The molecule has 0 aromatic heterocycles. The smallest absolute Gasteiger partial charge is 0.378 e. The first-order chi connectivity index (χ1) is 13.8. The molecule has 1 atom stereocenters. The number of nitrogens with zero attached hydrogens (tertiary/aromatic N) is 2. The number of hydrogen-bond donors (Lipinski definition) is 1. The zero-order chi connectivity index (χ0) is 21.0. The molecule has 1 aliphatic rings. The molecule has 1 aliphatic heterocycles. The largest absolute Gasteiger partial charge is 0.416 e. The minimum Gasteiger partial charge on any atom is -0.378 e. The molecular weight excluding hydrogens is 379 g/mol. The highest BCUT2D eigenvalue weighted by molar-refractivity contribution is 5.94. The van der Waals surface area contributed by atoms with Gasteiger partial charge in [0.2, 0.25) is 0 Å². The predicted molar refractivity (Wildman–Crippen MR) is 108 cm³/mol. The van der Waals surface area contributed by atoms with Crippen LogP contribution in [0.25, 0.3) is 0 Å². The summed E-state index contributed by atoms with van der Waals surface area (Å²) in [5.41, 5.74) is 1.68. The van der Waals surface area contributed by atoms with Gasteiger partial charge in [-0.2, -0.15) is 13.2 Å². The van der Waals surface area contributed by atoms with E-state index >= 15 is 0 Å². The minimum atomic E-state index is -4.41. The molecule has 0 aliphatic carbocycles. The highest BCUT2D eigenvalue weighted by Crippen LogP contribution is 2.29. The van der Waals surface area contributed by atoms with Gasteiger partial charge in [0.1, 0.15) is 0 Å². The fourth-order valence-corrected chi connectivity index (χ4v) is 3.61. The lowest BCUT2D eigenvalue weighted by Crippen LogP contribution is -2.36. The summed E-state index contributed by atoms with van der Waals surface area (Å²) in [7, 11) is 3.97. The normalized spacial score (nSPS) is 15.9. The third kappa shape index (κ3) is 5.29. The van der Waals surface area contributed by atoms with Gasteiger partial charge in [-0.15, -0.1) is 0 Å². The second-order valence-electron chi connectivity index (χ2n) is 7.53. The molecule has 1 N–H and O–H groups in total. The van der Waals surface area contributed by atoms with Crippen molar-refractivity contribution in [3.63, 3.8) is 0 Å². The van der Waals surface area contributed by atoms with E-state index < -0.39 is 11.7 Å². The Morgan fingerprint density at radius 2 is 1.62 bits per heavy atom. The summed E-state index contributed by atoms with van der Waals surface area (Å²) < 4.78 is 38.1. The number of halogens is 3. The molecule has 1 amide bonds. The maximum absolute atomic E-state index is 12.7. The highest BCUT2D eigenvalue weighted by Gasteiger charge is 2.30. The molecule has 156 valence electrons. The van der Waals surface area contributed by atoms with E-state index in [1.54, 1.807) is 0 Å². The van der Waals surface area contributed by atoms with E-state index in [9.17, 15) is 18.0 Å². The monoisotopic (exact) mass is 405 g/mol. The van der Waals surface area contributed by atoms with Gasteiger partial charge in [-0.3, -0.25) is 9.69 Å². The average Bonchev–Trinajstić information content (AvgIpc) is 3.22. The molecule has 3 rings (SSSR count). The summed E-state index contributed by atoms with van der Waals surface area (Å²) in [5, 5.41) is 2.90. The molecule has 0 bridgehead atoms. The van der Waals surface area contributed by atoms with Gasteiger partial charge in [0.15, 0.2) is 0 Å². The molecule has 1 saturated heterocycles. The van der Waals surface area contributed by atoms with Crippen LogP contribution in [-0.2, 0) is 6.18 Å². The van der Waals surface area contributed by atoms with Crippen molar-refractivity contribution in [3.8, 4) is 0 Å². The Kier molecular flexibility index (Phi) is 6.47. The van der Waals surface area contributed by atoms with Gasteiger partial charge in [-0.25, -0.2) is 0 Å². The number of likely N-dealkylation sites (tertiary alicyclic amines) is 1. The number of hydrogen-bond acceptors (Lipinski definition) is 3. The molecule has 29 heavy (non-hydrogen) atoms. The van der Waals surface area contributed by atoms with Gasteiger partial charge in [0.25, 0.3) is 5.91 Å². The van der Waals surface area contributed by atoms with Crippen LogP contribution in [-0.4, -0.2) is 44.5 Å². The molecule has 1 heterocycles. The average molecular weight is 405 g/mol. The van der Waals surface area contributed by atoms with Crippen molar-refractivity contribution in [2.45, 2.75) is 25.1 Å². The van der Waals surface area contributed by atoms with Crippen LogP contribution in [0.4, 0.5) is 18.9 Å².